The molecule has 3 atom stereocenters. The molecule has 0 aromatic rings. The Morgan fingerprint density at radius 2 is 2.06 bits per heavy atom. The van der Waals surface area contributed by atoms with Gasteiger partial charge >= 0.3 is 0 Å². The van der Waals surface area contributed by atoms with E-state index in [0.717, 1.165) is 25.7 Å². The SMILES string of the molecule is CCC1CCCC(C#N)(C(C)(O)C(C)(C)OC)C1. The molecule has 1 aliphatic carbocycles. The Bertz CT molecular complexity index is 330. The quantitative estimate of drug-likeness (QED) is 0.836. The van der Waals surface area contributed by atoms with Crippen LogP contribution in [0.2, 0.25) is 0 Å². The summed E-state index contributed by atoms with van der Waals surface area (Å²) in [5, 5.41) is 20.7. The van der Waals surface area contributed by atoms with E-state index in [9.17, 15) is 10.4 Å². The summed E-state index contributed by atoms with van der Waals surface area (Å²) in [6.07, 6.45) is 4.80. The van der Waals surface area contributed by atoms with Crippen LogP contribution in [0.1, 0.15) is 59.8 Å². The van der Waals surface area contributed by atoms with Crippen molar-refractivity contribution in [2.75, 3.05) is 7.11 Å². The van der Waals surface area contributed by atoms with Crippen LogP contribution in [0.5, 0.6) is 0 Å². The molecule has 0 saturated heterocycles. The van der Waals surface area contributed by atoms with Gasteiger partial charge in [-0.2, -0.15) is 5.26 Å². The number of nitriles is 1. The predicted octanol–water partition coefficient (Wildman–Crippen LogP) is 3.27. The van der Waals surface area contributed by atoms with Crippen LogP contribution in [-0.4, -0.2) is 23.4 Å². The second kappa shape index (κ2) is 5.19. The number of methoxy groups -OCH3 is 1. The number of aliphatic hydroxyl groups is 1. The van der Waals surface area contributed by atoms with Crippen molar-refractivity contribution in [3.63, 3.8) is 0 Å². The van der Waals surface area contributed by atoms with E-state index in [0.29, 0.717) is 5.92 Å². The van der Waals surface area contributed by atoms with Crippen LogP contribution in [0.4, 0.5) is 0 Å². The first-order chi connectivity index (χ1) is 8.26. The number of hydrogen-bond donors (Lipinski definition) is 1. The van der Waals surface area contributed by atoms with Crippen molar-refractivity contribution in [2.45, 2.75) is 71.0 Å². The van der Waals surface area contributed by atoms with Gasteiger partial charge in [0, 0.05) is 7.11 Å². The number of ether oxygens (including phenoxy) is 1. The van der Waals surface area contributed by atoms with Crippen molar-refractivity contribution >= 4 is 0 Å². The van der Waals surface area contributed by atoms with Gasteiger partial charge in [0.15, 0.2) is 0 Å². The summed E-state index contributed by atoms with van der Waals surface area (Å²) in [6, 6.07) is 2.43. The topological polar surface area (TPSA) is 53.2 Å². The van der Waals surface area contributed by atoms with Crippen LogP contribution in [0.25, 0.3) is 0 Å². The third kappa shape index (κ3) is 2.29. The van der Waals surface area contributed by atoms with Gasteiger partial charge in [0.1, 0.15) is 5.60 Å². The highest BCUT2D eigenvalue weighted by atomic mass is 16.5. The summed E-state index contributed by atoms with van der Waals surface area (Å²) >= 11 is 0. The fourth-order valence-corrected chi connectivity index (χ4v) is 3.17. The molecule has 18 heavy (non-hydrogen) atoms. The molecule has 0 aromatic carbocycles. The lowest BCUT2D eigenvalue weighted by molar-refractivity contribution is -0.198. The minimum absolute atomic E-state index is 0.539. The van der Waals surface area contributed by atoms with E-state index >= 15 is 0 Å². The molecule has 1 rings (SSSR count). The van der Waals surface area contributed by atoms with Gasteiger partial charge in [0.25, 0.3) is 0 Å². The third-order valence-corrected chi connectivity index (χ3v) is 5.26. The Hall–Kier alpha value is -0.590. The van der Waals surface area contributed by atoms with Gasteiger partial charge in [-0.3, -0.25) is 0 Å². The predicted molar refractivity (Wildman–Crippen MR) is 72.0 cm³/mol. The van der Waals surface area contributed by atoms with Crippen molar-refractivity contribution in [1.82, 2.24) is 0 Å². The van der Waals surface area contributed by atoms with Crippen molar-refractivity contribution in [1.29, 1.82) is 5.26 Å². The van der Waals surface area contributed by atoms with Gasteiger partial charge in [-0.05, 0) is 39.5 Å². The second-order valence-electron chi connectivity index (χ2n) is 6.35. The Labute approximate surface area is 111 Å². The van der Waals surface area contributed by atoms with E-state index in [4.69, 9.17) is 4.74 Å². The maximum atomic E-state index is 11.0. The van der Waals surface area contributed by atoms with E-state index in [-0.39, 0.29) is 0 Å². The summed E-state index contributed by atoms with van der Waals surface area (Å²) in [6.45, 7) is 7.65. The zero-order chi connectivity index (χ0) is 14.0. The lowest BCUT2D eigenvalue weighted by Gasteiger charge is -2.51. The standard InChI is InChI=1S/C15H27NO2/c1-6-12-8-7-9-15(10-12,11-16)14(4,17)13(2,3)18-5/h12,17H,6-10H2,1-5H3. The molecule has 0 aliphatic heterocycles. The van der Waals surface area contributed by atoms with Gasteiger partial charge in [-0.1, -0.05) is 26.2 Å². The zero-order valence-electron chi connectivity index (χ0n) is 12.4. The molecule has 0 radical (unpaired) electrons. The summed E-state index contributed by atoms with van der Waals surface area (Å²) in [4.78, 5) is 0. The molecule has 0 aromatic heterocycles. The second-order valence-corrected chi connectivity index (χ2v) is 6.35. The van der Waals surface area contributed by atoms with Crippen LogP contribution in [0.3, 0.4) is 0 Å². The fraction of sp³-hybridized carbons (Fsp3) is 0.933. The van der Waals surface area contributed by atoms with Crippen LogP contribution >= 0.6 is 0 Å². The average Bonchev–Trinajstić information content (AvgIpc) is 2.38. The van der Waals surface area contributed by atoms with Crippen molar-refractivity contribution in [2.24, 2.45) is 11.3 Å². The number of rotatable bonds is 4. The van der Waals surface area contributed by atoms with Crippen LogP contribution in [0.15, 0.2) is 0 Å². The molecule has 104 valence electrons. The van der Waals surface area contributed by atoms with Gasteiger partial charge in [-0.15, -0.1) is 0 Å². The Balaban J connectivity index is 3.12. The fourth-order valence-electron chi connectivity index (χ4n) is 3.17. The molecule has 3 heteroatoms. The van der Waals surface area contributed by atoms with Gasteiger partial charge < -0.3 is 9.84 Å². The third-order valence-electron chi connectivity index (χ3n) is 5.26. The van der Waals surface area contributed by atoms with Crippen LogP contribution in [-0.2, 0) is 4.74 Å². The molecule has 0 amide bonds. The molecule has 1 saturated carbocycles. The van der Waals surface area contributed by atoms with E-state index in [1.807, 2.05) is 13.8 Å². The molecular formula is C15H27NO2. The maximum absolute atomic E-state index is 11.0. The molecule has 0 bridgehead atoms. The largest absolute Gasteiger partial charge is 0.386 e. The summed E-state index contributed by atoms with van der Waals surface area (Å²) in [5.41, 5.74) is -2.55. The number of nitrogens with zero attached hydrogens (tertiary/aromatic N) is 1. The normalized spacial score (nSPS) is 32.6. The Morgan fingerprint density at radius 1 is 1.44 bits per heavy atom. The van der Waals surface area contributed by atoms with Crippen molar-refractivity contribution < 1.29 is 9.84 Å². The van der Waals surface area contributed by atoms with E-state index < -0.39 is 16.6 Å². The molecule has 3 unspecified atom stereocenters. The van der Waals surface area contributed by atoms with E-state index in [2.05, 4.69) is 13.0 Å². The minimum atomic E-state index is -1.14. The average molecular weight is 253 g/mol. The summed E-state index contributed by atoms with van der Waals surface area (Å²) < 4.78 is 5.45. The molecular weight excluding hydrogens is 226 g/mol. The highest BCUT2D eigenvalue weighted by Crippen LogP contribution is 2.51. The maximum Gasteiger partial charge on any atom is 0.109 e. The molecule has 0 spiro atoms. The zero-order valence-corrected chi connectivity index (χ0v) is 12.4. The lowest BCUT2D eigenvalue weighted by Crippen LogP contribution is -2.61. The molecule has 0 heterocycles. The number of hydrogen-bond acceptors (Lipinski definition) is 3. The lowest BCUT2D eigenvalue weighted by atomic mass is 9.57. The summed E-state index contributed by atoms with van der Waals surface area (Å²) in [7, 11) is 1.60. The first-order valence-corrected chi connectivity index (χ1v) is 6.95. The molecule has 1 aliphatic rings. The molecule has 3 nitrogen and oxygen atoms in total. The highest BCUT2D eigenvalue weighted by molar-refractivity contribution is 5.17. The highest BCUT2D eigenvalue weighted by Gasteiger charge is 2.57. The van der Waals surface area contributed by atoms with Gasteiger partial charge in [0.05, 0.1) is 17.1 Å². The first-order valence-electron chi connectivity index (χ1n) is 6.95. The van der Waals surface area contributed by atoms with Crippen LogP contribution < -0.4 is 0 Å². The van der Waals surface area contributed by atoms with Crippen molar-refractivity contribution in [3.05, 3.63) is 0 Å². The van der Waals surface area contributed by atoms with E-state index in [1.54, 1.807) is 14.0 Å². The summed E-state index contributed by atoms with van der Waals surface area (Å²) in [5.74, 6) is 0.539. The first kappa shape index (κ1) is 15.5. The smallest absolute Gasteiger partial charge is 0.109 e. The molecule has 1 fully saturated rings. The monoisotopic (exact) mass is 253 g/mol. The van der Waals surface area contributed by atoms with Crippen LogP contribution in [0, 0.1) is 22.7 Å². The van der Waals surface area contributed by atoms with E-state index in [1.165, 1.54) is 6.42 Å². The minimum Gasteiger partial charge on any atom is -0.386 e. The van der Waals surface area contributed by atoms with Gasteiger partial charge in [0.2, 0.25) is 0 Å². The Kier molecular flexibility index (Phi) is 4.46. The van der Waals surface area contributed by atoms with Gasteiger partial charge in [-0.25, -0.2) is 0 Å². The molecule has 1 N–H and O–H groups in total. The Morgan fingerprint density at radius 3 is 2.50 bits per heavy atom. The van der Waals surface area contributed by atoms with Crippen molar-refractivity contribution in [3.8, 4) is 6.07 Å².